The lowest BCUT2D eigenvalue weighted by Gasteiger charge is -2.11. The van der Waals surface area contributed by atoms with Crippen molar-refractivity contribution >= 4 is 11.8 Å². The molecule has 0 aliphatic carbocycles. The van der Waals surface area contributed by atoms with Gasteiger partial charge in [-0.25, -0.2) is 0 Å². The Morgan fingerprint density at radius 2 is 2.47 bits per heavy atom. The van der Waals surface area contributed by atoms with E-state index in [0.29, 0.717) is 25.9 Å². The van der Waals surface area contributed by atoms with E-state index in [4.69, 9.17) is 0 Å². The van der Waals surface area contributed by atoms with Gasteiger partial charge in [-0.05, 0) is 12.8 Å². The van der Waals surface area contributed by atoms with Gasteiger partial charge in [0.05, 0.1) is 12.0 Å². The van der Waals surface area contributed by atoms with Crippen molar-refractivity contribution in [2.75, 3.05) is 13.1 Å². The van der Waals surface area contributed by atoms with Gasteiger partial charge in [-0.1, -0.05) is 6.92 Å². The van der Waals surface area contributed by atoms with Crippen molar-refractivity contribution in [2.24, 2.45) is 5.92 Å². The quantitative estimate of drug-likeness (QED) is 0.572. The van der Waals surface area contributed by atoms with Gasteiger partial charge in [0.25, 0.3) is 0 Å². The first-order chi connectivity index (χ1) is 7.13. The third kappa shape index (κ3) is 3.87. The number of carbonyl (C=O) groups is 2. The highest BCUT2D eigenvalue weighted by molar-refractivity contribution is 5.89. The maximum atomic E-state index is 11.5. The van der Waals surface area contributed by atoms with E-state index in [2.05, 4.69) is 10.6 Å². The number of nitrogens with one attached hydrogen (secondary N) is 2. The molecular formula is C10H18N2O3. The molecule has 2 atom stereocenters. The Labute approximate surface area is 89.2 Å². The van der Waals surface area contributed by atoms with Gasteiger partial charge >= 0.3 is 0 Å². The molecule has 0 aromatic carbocycles. The molecule has 0 aromatic rings. The van der Waals surface area contributed by atoms with Gasteiger partial charge in [-0.3, -0.25) is 9.59 Å². The first-order valence-corrected chi connectivity index (χ1v) is 5.36. The molecule has 0 radical (unpaired) electrons. The fraction of sp³-hybridized carbons (Fsp3) is 0.800. The van der Waals surface area contributed by atoms with E-state index in [1.54, 1.807) is 0 Å². The SMILES string of the molecule is CCC(O)CCNC(=O)C1CNC(=O)C1. The third-order valence-corrected chi connectivity index (χ3v) is 2.60. The van der Waals surface area contributed by atoms with E-state index < -0.39 is 0 Å². The maximum Gasteiger partial charge on any atom is 0.225 e. The molecule has 3 N–H and O–H groups in total. The van der Waals surface area contributed by atoms with Crippen molar-refractivity contribution in [3.05, 3.63) is 0 Å². The van der Waals surface area contributed by atoms with Crippen LogP contribution in [0.4, 0.5) is 0 Å². The lowest BCUT2D eigenvalue weighted by molar-refractivity contribution is -0.126. The van der Waals surface area contributed by atoms with Gasteiger partial charge in [-0.2, -0.15) is 0 Å². The average Bonchev–Trinajstić information content (AvgIpc) is 2.64. The van der Waals surface area contributed by atoms with E-state index in [9.17, 15) is 14.7 Å². The first kappa shape index (κ1) is 12.0. The van der Waals surface area contributed by atoms with Crippen LogP contribution in [0.5, 0.6) is 0 Å². The molecule has 86 valence electrons. The highest BCUT2D eigenvalue weighted by atomic mass is 16.3. The summed E-state index contributed by atoms with van der Waals surface area (Å²) in [6.07, 6.45) is 1.19. The third-order valence-electron chi connectivity index (χ3n) is 2.60. The standard InChI is InChI=1S/C10H18N2O3/c1-2-8(13)3-4-11-10(15)7-5-9(14)12-6-7/h7-8,13H,2-6H2,1H3,(H,11,15)(H,12,14). The number of hydrogen-bond donors (Lipinski definition) is 3. The molecule has 1 rings (SSSR count). The van der Waals surface area contributed by atoms with Crippen molar-refractivity contribution in [1.82, 2.24) is 10.6 Å². The first-order valence-electron chi connectivity index (χ1n) is 5.36. The number of rotatable bonds is 5. The zero-order valence-electron chi connectivity index (χ0n) is 8.95. The van der Waals surface area contributed by atoms with Crippen LogP contribution in [0.1, 0.15) is 26.2 Å². The van der Waals surface area contributed by atoms with E-state index in [1.807, 2.05) is 6.92 Å². The molecule has 15 heavy (non-hydrogen) atoms. The summed E-state index contributed by atoms with van der Waals surface area (Å²) in [6, 6.07) is 0. The molecular weight excluding hydrogens is 196 g/mol. The van der Waals surface area contributed by atoms with E-state index in [-0.39, 0.29) is 30.3 Å². The van der Waals surface area contributed by atoms with Crippen LogP contribution in [0.25, 0.3) is 0 Å². The van der Waals surface area contributed by atoms with Gasteiger partial charge in [0, 0.05) is 19.5 Å². The van der Waals surface area contributed by atoms with Gasteiger partial charge in [0.1, 0.15) is 0 Å². The summed E-state index contributed by atoms with van der Waals surface area (Å²) in [5.41, 5.74) is 0. The van der Waals surface area contributed by atoms with Crippen LogP contribution in [-0.2, 0) is 9.59 Å². The number of aliphatic hydroxyl groups excluding tert-OH is 1. The summed E-state index contributed by atoms with van der Waals surface area (Å²) in [5, 5.41) is 14.6. The van der Waals surface area contributed by atoms with Gasteiger partial charge < -0.3 is 15.7 Å². The van der Waals surface area contributed by atoms with Crippen molar-refractivity contribution in [2.45, 2.75) is 32.3 Å². The predicted molar refractivity (Wildman–Crippen MR) is 55.0 cm³/mol. The smallest absolute Gasteiger partial charge is 0.225 e. The summed E-state index contributed by atoms with van der Waals surface area (Å²) in [6.45, 7) is 2.80. The lowest BCUT2D eigenvalue weighted by Crippen LogP contribution is -2.33. The molecule has 2 unspecified atom stereocenters. The Morgan fingerprint density at radius 1 is 1.73 bits per heavy atom. The molecule has 1 aliphatic heterocycles. The largest absolute Gasteiger partial charge is 0.393 e. The normalized spacial score (nSPS) is 22.3. The number of carbonyl (C=O) groups excluding carboxylic acids is 2. The van der Waals surface area contributed by atoms with Crippen LogP contribution in [0.15, 0.2) is 0 Å². The topological polar surface area (TPSA) is 78.4 Å². The fourth-order valence-corrected chi connectivity index (χ4v) is 1.50. The molecule has 1 saturated heterocycles. The lowest BCUT2D eigenvalue weighted by atomic mass is 10.1. The van der Waals surface area contributed by atoms with Crippen molar-refractivity contribution in [1.29, 1.82) is 0 Å². The average molecular weight is 214 g/mol. The Hall–Kier alpha value is -1.10. The van der Waals surface area contributed by atoms with E-state index in [1.165, 1.54) is 0 Å². The van der Waals surface area contributed by atoms with Gasteiger partial charge in [0.15, 0.2) is 0 Å². The van der Waals surface area contributed by atoms with Crippen molar-refractivity contribution in [3.8, 4) is 0 Å². The highest BCUT2D eigenvalue weighted by Gasteiger charge is 2.27. The second-order valence-corrected chi connectivity index (χ2v) is 3.85. The second kappa shape index (κ2) is 5.70. The Bertz CT molecular complexity index is 243. The van der Waals surface area contributed by atoms with Crippen LogP contribution >= 0.6 is 0 Å². The summed E-state index contributed by atoms with van der Waals surface area (Å²) < 4.78 is 0. The Morgan fingerprint density at radius 3 is 3.00 bits per heavy atom. The Balaban J connectivity index is 2.16. The van der Waals surface area contributed by atoms with Gasteiger partial charge in [0.2, 0.25) is 11.8 Å². The van der Waals surface area contributed by atoms with Crippen LogP contribution in [0.3, 0.4) is 0 Å². The fourth-order valence-electron chi connectivity index (χ4n) is 1.50. The minimum absolute atomic E-state index is 0.0660. The minimum Gasteiger partial charge on any atom is -0.393 e. The van der Waals surface area contributed by atoms with E-state index in [0.717, 1.165) is 0 Å². The van der Waals surface area contributed by atoms with Gasteiger partial charge in [-0.15, -0.1) is 0 Å². The summed E-state index contributed by atoms with van der Waals surface area (Å²) in [5.74, 6) is -0.406. The monoisotopic (exact) mass is 214 g/mol. The minimum atomic E-state index is -0.353. The number of aliphatic hydroxyl groups is 1. The molecule has 0 saturated carbocycles. The van der Waals surface area contributed by atoms with Crippen molar-refractivity contribution in [3.63, 3.8) is 0 Å². The van der Waals surface area contributed by atoms with E-state index >= 15 is 0 Å². The van der Waals surface area contributed by atoms with Crippen LogP contribution in [0.2, 0.25) is 0 Å². The molecule has 1 heterocycles. The molecule has 1 fully saturated rings. The van der Waals surface area contributed by atoms with Crippen LogP contribution in [0, 0.1) is 5.92 Å². The summed E-state index contributed by atoms with van der Waals surface area (Å²) in [7, 11) is 0. The number of amides is 2. The second-order valence-electron chi connectivity index (χ2n) is 3.85. The molecule has 0 bridgehead atoms. The van der Waals surface area contributed by atoms with Crippen LogP contribution < -0.4 is 10.6 Å². The molecule has 5 heteroatoms. The maximum absolute atomic E-state index is 11.5. The zero-order chi connectivity index (χ0) is 11.3. The zero-order valence-corrected chi connectivity index (χ0v) is 8.95. The molecule has 0 aromatic heterocycles. The number of hydrogen-bond acceptors (Lipinski definition) is 3. The summed E-state index contributed by atoms with van der Waals surface area (Å²) >= 11 is 0. The summed E-state index contributed by atoms with van der Waals surface area (Å²) in [4.78, 5) is 22.3. The molecule has 2 amide bonds. The molecule has 1 aliphatic rings. The molecule has 5 nitrogen and oxygen atoms in total. The van der Waals surface area contributed by atoms with Crippen molar-refractivity contribution < 1.29 is 14.7 Å². The predicted octanol–water partition coefficient (Wildman–Crippen LogP) is -0.600. The molecule has 0 spiro atoms. The Kier molecular flexibility index (Phi) is 4.55. The van der Waals surface area contributed by atoms with Crippen LogP contribution in [-0.4, -0.2) is 36.1 Å². The highest BCUT2D eigenvalue weighted by Crippen LogP contribution is 2.08.